The minimum Gasteiger partial charge on any atom is -0.366 e. The van der Waals surface area contributed by atoms with Gasteiger partial charge in [0.1, 0.15) is 16.2 Å². The SMILES string of the molecule is Cc1sc2ncnc(SCC(=O)Nc3ccccc3C(N)=O)c2c1C. The number of fused-ring (bicyclic) bond motifs is 1. The molecule has 0 spiro atoms. The van der Waals surface area contributed by atoms with E-state index in [0.717, 1.165) is 20.8 Å². The zero-order chi connectivity index (χ0) is 18.0. The van der Waals surface area contributed by atoms with E-state index in [-0.39, 0.29) is 17.2 Å². The zero-order valence-electron chi connectivity index (χ0n) is 13.7. The number of carbonyl (C=O) groups is 2. The van der Waals surface area contributed by atoms with Crippen molar-refractivity contribution >= 4 is 50.8 Å². The maximum absolute atomic E-state index is 12.3. The van der Waals surface area contributed by atoms with Gasteiger partial charge in [0.25, 0.3) is 5.91 Å². The highest BCUT2D eigenvalue weighted by Gasteiger charge is 2.15. The topological polar surface area (TPSA) is 98.0 Å². The van der Waals surface area contributed by atoms with Gasteiger partial charge in [-0.2, -0.15) is 0 Å². The standard InChI is InChI=1S/C17H16N4O2S2/c1-9-10(2)25-17-14(9)16(19-8-20-17)24-7-13(22)21-12-6-4-3-5-11(12)15(18)23/h3-6,8H,7H2,1-2H3,(H2,18,23)(H,21,22). The van der Waals surface area contributed by atoms with Crippen LogP contribution in [0.15, 0.2) is 35.6 Å². The van der Waals surface area contributed by atoms with Crippen LogP contribution in [0, 0.1) is 13.8 Å². The summed E-state index contributed by atoms with van der Waals surface area (Å²) in [6.45, 7) is 4.08. The zero-order valence-corrected chi connectivity index (χ0v) is 15.3. The minimum absolute atomic E-state index is 0.174. The van der Waals surface area contributed by atoms with Crippen molar-refractivity contribution < 1.29 is 9.59 Å². The number of nitrogens with one attached hydrogen (secondary N) is 1. The molecule has 8 heteroatoms. The van der Waals surface area contributed by atoms with Gasteiger partial charge in [0.2, 0.25) is 5.91 Å². The number of nitrogens with two attached hydrogens (primary N) is 1. The van der Waals surface area contributed by atoms with Crippen molar-refractivity contribution in [3.8, 4) is 0 Å². The van der Waals surface area contributed by atoms with Crippen molar-refractivity contribution in [2.75, 3.05) is 11.1 Å². The molecule has 3 rings (SSSR count). The number of nitrogens with zero attached hydrogens (tertiary/aromatic N) is 2. The Morgan fingerprint density at radius 3 is 2.76 bits per heavy atom. The molecular weight excluding hydrogens is 356 g/mol. The third kappa shape index (κ3) is 3.64. The summed E-state index contributed by atoms with van der Waals surface area (Å²) in [5.41, 5.74) is 7.17. The van der Waals surface area contributed by atoms with Gasteiger partial charge in [-0.25, -0.2) is 9.97 Å². The molecule has 0 aliphatic heterocycles. The van der Waals surface area contributed by atoms with E-state index in [0.29, 0.717) is 5.69 Å². The van der Waals surface area contributed by atoms with Crippen LogP contribution in [0.5, 0.6) is 0 Å². The van der Waals surface area contributed by atoms with Gasteiger partial charge < -0.3 is 11.1 Å². The van der Waals surface area contributed by atoms with Crippen LogP contribution >= 0.6 is 23.1 Å². The van der Waals surface area contributed by atoms with Crippen LogP contribution in [0.2, 0.25) is 0 Å². The predicted molar refractivity (Wildman–Crippen MR) is 101 cm³/mol. The highest BCUT2D eigenvalue weighted by atomic mass is 32.2. The van der Waals surface area contributed by atoms with Crippen LogP contribution < -0.4 is 11.1 Å². The van der Waals surface area contributed by atoms with Gasteiger partial charge >= 0.3 is 0 Å². The lowest BCUT2D eigenvalue weighted by atomic mass is 10.1. The van der Waals surface area contributed by atoms with Crippen LogP contribution in [0.4, 0.5) is 5.69 Å². The molecule has 0 aliphatic rings. The number of benzene rings is 1. The quantitative estimate of drug-likeness (QED) is 0.530. The molecule has 25 heavy (non-hydrogen) atoms. The first-order chi connectivity index (χ1) is 12.0. The van der Waals surface area contributed by atoms with E-state index in [2.05, 4.69) is 15.3 Å². The Balaban J connectivity index is 1.75. The molecule has 1 aromatic carbocycles. The minimum atomic E-state index is -0.578. The Morgan fingerprint density at radius 1 is 1.24 bits per heavy atom. The Morgan fingerprint density at radius 2 is 2.00 bits per heavy atom. The third-order valence-corrected chi connectivity index (χ3v) is 5.84. The summed E-state index contributed by atoms with van der Waals surface area (Å²) in [6.07, 6.45) is 1.51. The molecule has 128 valence electrons. The molecule has 0 bridgehead atoms. The number of hydrogen-bond acceptors (Lipinski definition) is 6. The fourth-order valence-electron chi connectivity index (χ4n) is 2.39. The number of anilines is 1. The summed E-state index contributed by atoms with van der Waals surface area (Å²) >= 11 is 2.96. The van der Waals surface area contributed by atoms with Crippen molar-refractivity contribution in [2.45, 2.75) is 18.9 Å². The van der Waals surface area contributed by atoms with Crippen LogP contribution in [-0.2, 0) is 4.79 Å². The van der Waals surface area contributed by atoms with Gasteiger partial charge in [-0.1, -0.05) is 23.9 Å². The number of primary amides is 1. The van der Waals surface area contributed by atoms with Gasteiger partial charge in [-0.05, 0) is 31.5 Å². The van der Waals surface area contributed by atoms with E-state index in [1.54, 1.807) is 35.6 Å². The smallest absolute Gasteiger partial charge is 0.250 e. The van der Waals surface area contributed by atoms with Gasteiger partial charge in [0, 0.05) is 10.3 Å². The molecule has 3 N–H and O–H groups in total. The Kier molecular flexibility index (Phi) is 5.00. The second kappa shape index (κ2) is 7.20. The van der Waals surface area contributed by atoms with Crippen LogP contribution in [0.3, 0.4) is 0 Å². The fourth-order valence-corrected chi connectivity index (χ4v) is 4.30. The Hall–Kier alpha value is -2.45. The van der Waals surface area contributed by atoms with Gasteiger partial charge in [-0.15, -0.1) is 11.3 Å². The van der Waals surface area contributed by atoms with E-state index in [1.807, 2.05) is 13.8 Å². The van der Waals surface area contributed by atoms with Crippen LogP contribution in [-0.4, -0.2) is 27.5 Å². The Bertz CT molecular complexity index is 968. The molecule has 2 aromatic heterocycles. The maximum Gasteiger partial charge on any atom is 0.250 e. The third-order valence-electron chi connectivity index (χ3n) is 3.74. The Labute approximate surface area is 152 Å². The average molecular weight is 372 g/mol. The highest BCUT2D eigenvalue weighted by molar-refractivity contribution is 8.00. The van der Waals surface area contributed by atoms with E-state index in [9.17, 15) is 9.59 Å². The van der Waals surface area contributed by atoms with Crippen molar-refractivity contribution in [3.05, 3.63) is 46.6 Å². The number of rotatable bonds is 5. The maximum atomic E-state index is 12.3. The van der Waals surface area contributed by atoms with Gasteiger partial charge in [-0.3, -0.25) is 9.59 Å². The molecule has 0 fully saturated rings. The summed E-state index contributed by atoms with van der Waals surface area (Å²) in [5, 5.41) is 4.51. The summed E-state index contributed by atoms with van der Waals surface area (Å²) in [7, 11) is 0. The van der Waals surface area contributed by atoms with Crippen molar-refractivity contribution in [3.63, 3.8) is 0 Å². The van der Waals surface area contributed by atoms with Crippen LogP contribution in [0.25, 0.3) is 10.2 Å². The molecule has 0 aliphatic carbocycles. The number of hydrogen-bond donors (Lipinski definition) is 2. The highest BCUT2D eigenvalue weighted by Crippen LogP contribution is 2.34. The number of thioether (sulfide) groups is 1. The second-order valence-electron chi connectivity index (χ2n) is 5.39. The number of aromatic nitrogens is 2. The number of thiophene rings is 1. The predicted octanol–water partition coefficient (Wildman–Crippen LogP) is 3.14. The van der Waals surface area contributed by atoms with Gasteiger partial charge in [0.15, 0.2) is 0 Å². The molecule has 3 aromatic rings. The lowest BCUT2D eigenvalue weighted by Crippen LogP contribution is -2.19. The molecule has 0 atom stereocenters. The lowest BCUT2D eigenvalue weighted by molar-refractivity contribution is -0.113. The first-order valence-corrected chi connectivity index (χ1v) is 9.29. The molecule has 0 unspecified atom stereocenters. The van der Waals surface area contributed by atoms with Crippen molar-refractivity contribution in [1.82, 2.24) is 9.97 Å². The van der Waals surface area contributed by atoms with E-state index >= 15 is 0 Å². The number of carbonyl (C=O) groups excluding carboxylic acids is 2. The van der Waals surface area contributed by atoms with Crippen LogP contribution in [0.1, 0.15) is 20.8 Å². The number of amides is 2. The molecule has 2 amide bonds. The number of para-hydroxylation sites is 1. The second-order valence-corrected chi connectivity index (χ2v) is 7.56. The normalized spacial score (nSPS) is 10.8. The molecule has 2 heterocycles. The lowest BCUT2D eigenvalue weighted by Gasteiger charge is -2.08. The molecular formula is C17H16N4O2S2. The molecule has 0 saturated carbocycles. The van der Waals surface area contributed by atoms with Gasteiger partial charge in [0.05, 0.1) is 17.0 Å². The summed E-state index contributed by atoms with van der Waals surface area (Å²) in [6, 6.07) is 6.67. The first kappa shape index (κ1) is 17.4. The first-order valence-electron chi connectivity index (χ1n) is 7.49. The average Bonchev–Trinajstić information content (AvgIpc) is 2.88. The summed E-state index contributed by atoms with van der Waals surface area (Å²) in [5.74, 6) is -0.631. The molecule has 0 radical (unpaired) electrons. The monoisotopic (exact) mass is 372 g/mol. The van der Waals surface area contributed by atoms with E-state index in [1.165, 1.54) is 23.0 Å². The summed E-state index contributed by atoms with van der Waals surface area (Å²) < 4.78 is 0. The van der Waals surface area contributed by atoms with Crippen molar-refractivity contribution in [1.29, 1.82) is 0 Å². The fraction of sp³-hybridized carbons (Fsp3) is 0.176. The van der Waals surface area contributed by atoms with E-state index in [4.69, 9.17) is 5.73 Å². The molecule has 0 saturated heterocycles. The summed E-state index contributed by atoms with van der Waals surface area (Å²) in [4.78, 5) is 34.4. The van der Waals surface area contributed by atoms with E-state index < -0.39 is 5.91 Å². The van der Waals surface area contributed by atoms with Crippen molar-refractivity contribution in [2.24, 2.45) is 5.73 Å². The molecule has 6 nitrogen and oxygen atoms in total. The number of aryl methyl sites for hydroxylation is 2. The largest absolute Gasteiger partial charge is 0.366 e.